The topological polar surface area (TPSA) is 37.4 Å². The SMILES string of the molecule is CCSCc1csc(C2CC(c3ccc(CC)cc3)CN(C3COCCN3)C2)n1. The Balaban J connectivity index is 1.53. The minimum Gasteiger partial charge on any atom is -0.377 e. The third-order valence-electron chi connectivity index (χ3n) is 6.05. The van der Waals surface area contributed by atoms with Crippen LogP contribution in [0.2, 0.25) is 0 Å². The van der Waals surface area contributed by atoms with Crippen molar-refractivity contribution in [3.63, 3.8) is 0 Å². The molecule has 0 amide bonds. The fraction of sp³-hybridized carbons (Fsp3) is 0.609. The maximum Gasteiger partial charge on any atom is 0.0972 e. The molecule has 3 heterocycles. The highest BCUT2D eigenvalue weighted by atomic mass is 32.2. The highest BCUT2D eigenvalue weighted by molar-refractivity contribution is 7.98. The van der Waals surface area contributed by atoms with E-state index in [0.717, 1.165) is 50.8 Å². The van der Waals surface area contributed by atoms with Crippen LogP contribution in [-0.2, 0) is 16.9 Å². The molecule has 1 N–H and O–H groups in total. The molecule has 0 radical (unpaired) electrons. The second-order valence-corrected chi connectivity index (χ2v) is 10.2. The zero-order chi connectivity index (χ0) is 20.1. The van der Waals surface area contributed by atoms with Crippen molar-refractivity contribution < 1.29 is 4.74 Å². The fourth-order valence-electron chi connectivity index (χ4n) is 4.40. The lowest BCUT2D eigenvalue weighted by atomic mass is 9.84. The molecule has 2 aliphatic heterocycles. The van der Waals surface area contributed by atoms with Crippen LogP contribution in [0.5, 0.6) is 0 Å². The van der Waals surface area contributed by atoms with Crippen molar-refractivity contribution in [2.45, 2.75) is 50.4 Å². The monoisotopic (exact) mass is 431 g/mol. The van der Waals surface area contributed by atoms with Gasteiger partial charge in [-0.2, -0.15) is 11.8 Å². The number of nitrogens with one attached hydrogen (secondary N) is 1. The first-order valence-electron chi connectivity index (χ1n) is 10.9. The molecule has 2 aliphatic rings. The Morgan fingerprint density at radius 2 is 2.03 bits per heavy atom. The van der Waals surface area contributed by atoms with Crippen molar-refractivity contribution in [2.75, 3.05) is 38.6 Å². The summed E-state index contributed by atoms with van der Waals surface area (Å²) in [5.74, 6) is 3.21. The van der Waals surface area contributed by atoms with Gasteiger partial charge in [-0.1, -0.05) is 38.1 Å². The summed E-state index contributed by atoms with van der Waals surface area (Å²) in [5, 5.41) is 7.25. The molecule has 0 bridgehead atoms. The Hall–Kier alpha value is -0.920. The number of thioether (sulfide) groups is 1. The molecule has 158 valence electrons. The van der Waals surface area contributed by atoms with Gasteiger partial charge in [0, 0.05) is 36.7 Å². The first-order chi connectivity index (χ1) is 14.3. The molecular weight excluding hydrogens is 398 g/mol. The lowest BCUT2D eigenvalue weighted by molar-refractivity contribution is -0.00497. The van der Waals surface area contributed by atoms with Crippen LogP contribution in [0.15, 0.2) is 29.6 Å². The summed E-state index contributed by atoms with van der Waals surface area (Å²) in [6.07, 6.45) is 2.60. The minimum atomic E-state index is 0.319. The summed E-state index contributed by atoms with van der Waals surface area (Å²) in [6, 6.07) is 9.30. The van der Waals surface area contributed by atoms with E-state index in [-0.39, 0.29) is 0 Å². The van der Waals surface area contributed by atoms with E-state index >= 15 is 0 Å². The van der Waals surface area contributed by atoms with Gasteiger partial charge in [-0.3, -0.25) is 10.2 Å². The normalized spacial score (nSPS) is 25.9. The quantitative estimate of drug-likeness (QED) is 0.700. The number of piperidine rings is 1. The molecule has 1 aromatic carbocycles. The van der Waals surface area contributed by atoms with Crippen LogP contribution < -0.4 is 5.32 Å². The van der Waals surface area contributed by atoms with Crippen LogP contribution in [0.3, 0.4) is 0 Å². The number of hydrogen-bond acceptors (Lipinski definition) is 6. The summed E-state index contributed by atoms with van der Waals surface area (Å²) in [7, 11) is 0. The van der Waals surface area contributed by atoms with Gasteiger partial charge in [0.2, 0.25) is 0 Å². The smallest absolute Gasteiger partial charge is 0.0972 e. The molecule has 29 heavy (non-hydrogen) atoms. The van der Waals surface area contributed by atoms with Crippen LogP contribution in [0.4, 0.5) is 0 Å². The van der Waals surface area contributed by atoms with Crippen LogP contribution in [0.1, 0.15) is 53.9 Å². The van der Waals surface area contributed by atoms with Crippen LogP contribution in [0, 0.1) is 0 Å². The molecule has 2 saturated heterocycles. The van der Waals surface area contributed by atoms with E-state index in [1.54, 1.807) is 0 Å². The predicted octanol–water partition coefficient (Wildman–Crippen LogP) is 4.48. The van der Waals surface area contributed by atoms with Gasteiger partial charge in [-0.05, 0) is 35.6 Å². The van der Waals surface area contributed by atoms with Crippen molar-refractivity contribution in [3.8, 4) is 0 Å². The molecule has 0 aliphatic carbocycles. The number of hydrogen-bond donors (Lipinski definition) is 1. The number of morpholine rings is 1. The highest BCUT2D eigenvalue weighted by Gasteiger charge is 2.34. The van der Waals surface area contributed by atoms with E-state index in [2.05, 4.69) is 53.7 Å². The first-order valence-corrected chi connectivity index (χ1v) is 13.0. The van der Waals surface area contributed by atoms with E-state index in [0.29, 0.717) is 18.0 Å². The molecule has 6 heteroatoms. The van der Waals surface area contributed by atoms with Gasteiger partial charge in [-0.25, -0.2) is 4.98 Å². The molecule has 0 spiro atoms. The number of rotatable bonds is 7. The Kier molecular flexibility index (Phi) is 7.65. The maximum absolute atomic E-state index is 5.78. The van der Waals surface area contributed by atoms with Gasteiger partial charge < -0.3 is 4.74 Å². The van der Waals surface area contributed by atoms with E-state index in [1.165, 1.54) is 28.2 Å². The first kappa shape index (κ1) is 21.3. The van der Waals surface area contributed by atoms with Gasteiger partial charge >= 0.3 is 0 Å². The van der Waals surface area contributed by atoms with Gasteiger partial charge in [-0.15, -0.1) is 11.3 Å². The van der Waals surface area contributed by atoms with Gasteiger partial charge in [0.05, 0.1) is 30.1 Å². The van der Waals surface area contributed by atoms with E-state index < -0.39 is 0 Å². The van der Waals surface area contributed by atoms with Crippen molar-refractivity contribution in [2.24, 2.45) is 0 Å². The van der Waals surface area contributed by atoms with Crippen molar-refractivity contribution in [1.82, 2.24) is 15.2 Å². The number of aromatic nitrogens is 1. The number of nitrogens with zero attached hydrogens (tertiary/aromatic N) is 2. The third-order valence-corrected chi connectivity index (χ3v) is 8.02. The van der Waals surface area contributed by atoms with E-state index in [1.807, 2.05) is 23.1 Å². The largest absolute Gasteiger partial charge is 0.377 e. The highest BCUT2D eigenvalue weighted by Crippen LogP contribution is 2.38. The van der Waals surface area contributed by atoms with Gasteiger partial charge in [0.15, 0.2) is 0 Å². The van der Waals surface area contributed by atoms with Gasteiger partial charge in [0.1, 0.15) is 0 Å². The summed E-state index contributed by atoms with van der Waals surface area (Å²) in [5.41, 5.74) is 4.13. The molecule has 1 aromatic heterocycles. The average Bonchev–Trinajstić information content (AvgIpc) is 3.27. The zero-order valence-electron chi connectivity index (χ0n) is 17.6. The van der Waals surface area contributed by atoms with Crippen LogP contribution in [0.25, 0.3) is 0 Å². The number of ether oxygens (including phenoxy) is 1. The third kappa shape index (κ3) is 5.42. The molecule has 4 nitrogen and oxygen atoms in total. The summed E-state index contributed by atoms with van der Waals surface area (Å²) >= 11 is 3.81. The standard InChI is InChI=1S/C23H33N3OS2/c1-3-17-5-7-18(8-6-17)19-11-20(23-25-21(16-29-23)15-28-4-2)13-26(12-19)22-14-27-10-9-24-22/h5-8,16,19-20,22,24H,3-4,9-15H2,1-2H3. The summed E-state index contributed by atoms with van der Waals surface area (Å²) in [4.78, 5) is 7.63. The molecule has 2 aromatic rings. The number of thiazole rings is 1. The molecule has 2 fully saturated rings. The summed E-state index contributed by atoms with van der Waals surface area (Å²) in [6.45, 7) is 9.14. The zero-order valence-corrected chi connectivity index (χ0v) is 19.2. The minimum absolute atomic E-state index is 0.319. The molecule has 4 rings (SSSR count). The number of aryl methyl sites for hydroxylation is 1. The lowest BCUT2D eigenvalue weighted by Gasteiger charge is -2.43. The van der Waals surface area contributed by atoms with E-state index in [9.17, 15) is 0 Å². The Morgan fingerprint density at radius 3 is 2.76 bits per heavy atom. The lowest BCUT2D eigenvalue weighted by Crippen LogP contribution is -2.56. The van der Waals surface area contributed by atoms with Crippen LogP contribution >= 0.6 is 23.1 Å². The van der Waals surface area contributed by atoms with Crippen LogP contribution in [-0.4, -0.2) is 54.7 Å². The van der Waals surface area contributed by atoms with Gasteiger partial charge in [0.25, 0.3) is 0 Å². The Bertz CT molecular complexity index is 758. The number of likely N-dealkylation sites (tertiary alicyclic amines) is 1. The average molecular weight is 432 g/mol. The van der Waals surface area contributed by atoms with Crippen molar-refractivity contribution >= 4 is 23.1 Å². The van der Waals surface area contributed by atoms with E-state index in [4.69, 9.17) is 9.72 Å². The predicted molar refractivity (Wildman–Crippen MR) is 124 cm³/mol. The second-order valence-electron chi connectivity index (χ2n) is 8.04. The Labute approximate surface area is 183 Å². The summed E-state index contributed by atoms with van der Waals surface area (Å²) < 4.78 is 5.78. The maximum atomic E-state index is 5.78. The fourth-order valence-corrected chi connectivity index (χ4v) is 6.00. The van der Waals surface area contributed by atoms with Crippen molar-refractivity contribution in [3.05, 3.63) is 51.5 Å². The van der Waals surface area contributed by atoms with Crippen molar-refractivity contribution in [1.29, 1.82) is 0 Å². The Morgan fingerprint density at radius 1 is 1.21 bits per heavy atom. The molecule has 3 atom stereocenters. The second kappa shape index (κ2) is 10.4. The molecule has 3 unspecified atom stereocenters. The molecular formula is C23H33N3OS2. The molecule has 0 saturated carbocycles. The number of benzene rings is 1.